The largest absolute Gasteiger partial charge is 0.496 e. The number of benzene rings is 2. The van der Waals surface area contributed by atoms with Crippen LogP contribution in [-0.2, 0) is 11.3 Å². The molecule has 2 aromatic carbocycles. The van der Waals surface area contributed by atoms with E-state index in [1.165, 1.54) is 11.3 Å². The number of hydrazine groups is 1. The van der Waals surface area contributed by atoms with Gasteiger partial charge in [-0.2, -0.15) is 0 Å². The van der Waals surface area contributed by atoms with Gasteiger partial charge in [0.1, 0.15) is 22.4 Å². The smallest absolute Gasteiger partial charge is 0.412 e. The molecule has 0 spiro atoms. The van der Waals surface area contributed by atoms with E-state index in [2.05, 4.69) is 10.3 Å². The number of ether oxygens (including phenoxy) is 2. The first-order chi connectivity index (χ1) is 14.8. The molecule has 0 aliphatic rings. The highest BCUT2D eigenvalue weighted by Gasteiger charge is 2.16. The van der Waals surface area contributed by atoms with Crippen LogP contribution in [0.25, 0.3) is 10.6 Å². The maximum absolute atomic E-state index is 12.3. The number of nitrogens with one attached hydrogen (secondary N) is 1. The van der Waals surface area contributed by atoms with E-state index in [9.17, 15) is 4.79 Å². The Kier molecular flexibility index (Phi) is 6.98. The van der Waals surface area contributed by atoms with Crippen LogP contribution in [0.2, 0.25) is 0 Å². The van der Waals surface area contributed by atoms with E-state index in [-0.39, 0.29) is 6.61 Å². The predicted molar refractivity (Wildman–Crippen MR) is 125 cm³/mol. The maximum atomic E-state index is 12.3. The van der Waals surface area contributed by atoms with Gasteiger partial charge in [-0.05, 0) is 56.2 Å². The number of aryl methyl sites for hydroxylation is 2. The number of nitrogens with two attached hydrogens (primary N) is 2. The number of hydrogen-bond donors (Lipinski definition) is 3. The lowest BCUT2D eigenvalue weighted by molar-refractivity contribution is 0.155. The molecule has 1 heterocycles. The molecular formula is C22H27N5O3S. The topological polar surface area (TPSA) is 116 Å². The maximum Gasteiger partial charge on any atom is 0.412 e. The first-order valence-corrected chi connectivity index (χ1v) is 10.6. The van der Waals surface area contributed by atoms with E-state index < -0.39 is 6.09 Å². The molecule has 31 heavy (non-hydrogen) atoms. The van der Waals surface area contributed by atoms with Gasteiger partial charge in [-0.3, -0.25) is 5.32 Å². The summed E-state index contributed by atoms with van der Waals surface area (Å²) in [7, 11) is 1.63. The number of aromatic nitrogens is 1. The summed E-state index contributed by atoms with van der Waals surface area (Å²) in [4.78, 5) is 16.9. The third-order valence-corrected chi connectivity index (χ3v) is 5.82. The van der Waals surface area contributed by atoms with Crippen molar-refractivity contribution in [1.82, 2.24) is 4.98 Å². The Bertz CT molecular complexity index is 1080. The fourth-order valence-electron chi connectivity index (χ4n) is 3.01. The van der Waals surface area contributed by atoms with Crippen molar-refractivity contribution in [2.75, 3.05) is 29.7 Å². The summed E-state index contributed by atoms with van der Waals surface area (Å²) < 4.78 is 10.8. The molecule has 9 heteroatoms. The van der Waals surface area contributed by atoms with Crippen LogP contribution in [0.3, 0.4) is 0 Å². The minimum Gasteiger partial charge on any atom is -0.496 e. The molecule has 1 aromatic heterocycles. The molecule has 0 unspecified atom stereocenters. The summed E-state index contributed by atoms with van der Waals surface area (Å²) in [6.07, 6.45) is -0.564. The van der Waals surface area contributed by atoms with Gasteiger partial charge in [0.25, 0.3) is 0 Å². The molecule has 0 fully saturated rings. The number of thiazole rings is 1. The Labute approximate surface area is 185 Å². The zero-order valence-electron chi connectivity index (χ0n) is 18.1. The number of nitrogens with zero attached hydrogens (tertiary/aromatic N) is 2. The zero-order chi connectivity index (χ0) is 22.5. The summed E-state index contributed by atoms with van der Waals surface area (Å²) in [6, 6.07) is 11.3. The van der Waals surface area contributed by atoms with Gasteiger partial charge >= 0.3 is 6.09 Å². The normalized spacial score (nSPS) is 10.6. The van der Waals surface area contributed by atoms with Crippen LogP contribution in [0.1, 0.15) is 23.7 Å². The van der Waals surface area contributed by atoms with Crippen LogP contribution in [0, 0.1) is 13.8 Å². The summed E-state index contributed by atoms with van der Waals surface area (Å²) in [5.74, 6) is 6.62. The van der Waals surface area contributed by atoms with Crippen LogP contribution in [-0.4, -0.2) is 24.7 Å². The van der Waals surface area contributed by atoms with Gasteiger partial charge in [-0.25, -0.2) is 15.6 Å². The Hall–Kier alpha value is -3.30. The Morgan fingerprint density at radius 1 is 1.23 bits per heavy atom. The van der Waals surface area contributed by atoms with Crippen molar-refractivity contribution in [2.45, 2.75) is 27.4 Å². The summed E-state index contributed by atoms with van der Waals surface area (Å²) in [5.41, 5.74) is 10.7. The van der Waals surface area contributed by atoms with Crippen LogP contribution < -0.4 is 26.6 Å². The lowest BCUT2D eigenvalue weighted by atomic mass is 10.1. The second kappa shape index (κ2) is 9.67. The van der Waals surface area contributed by atoms with Crippen molar-refractivity contribution in [3.63, 3.8) is 0 Å². The highest BCUT2D eigenvalue weighted by Crippen LogP contribution is 2.37. The van der Waals surface area contributed by atoms with Crippen molar-refractivity contribution < 1.29 is 14.3 Å². The average molecular weight is 442 g/mol. The van der Waals surface area contributed by atoms with Crippen LogP contribution >= 0.6 is 11.3 Å². The minimum atomic E-state index is -0.564. The van der Waals surface area contributed by atoms with Crippen molar-refractivity contribution in [1.29, 1.82) is 0 Å². The van der Waals surface area contributed by atoms with E-state index in [1.54, 1.807) is 18.2 Å². The molecule has 3 rings (SSSR count). The first-order valence-electron chi connectivity index (χ1n) is 9.79. The van der Waals surface area contributed by atoms with E-state index in [0.29, 0.717) is 22.9 Å². The van der Waals surface area contributed by atoms with Crippen LogP contribution in [0.4, 0.5) is 21.2 Å². The van der Waals surface area contributed by atoms with Crippen molar-refractivity contribution in [3.8, 4) is 16.3 Å². The molecule has 0 saturated carbocycles. The van der Waals surface area contributed by atoms with Gasteiger partial charge in [0.15, 0.2) is 0 Å². The first kappa shape index (κ1) is 22.4. The molecule has 8 nitrogen and oxygen atoms in total. The SMILES string of the molecule is CCN(N)c1ccc(COC(=O)Nc2sc(-c3ccc(C)cc3OC)nc2C)cc1N. The number of carbonyl (C=O) groups excluding carboxylic acids is 1. The van der Waals surface area contributed by atoms with Gasteiger partial charge in [0, 0.05) is 6.54 Å². The van der Waals surface area contributed by atoms with Gasteiger partial charge in [0.2, 0.25) is 0 Å². The molecular weight excluding hydrogens is 414 g/mol. The fourth-order valence-corrected chi connectivity index (χ4v) is 3.99. The molecule has 1 amide bonds. The number of rotatable bonds is 7. The minimum absolute atomic E-state index is 0.0868. The predicted octanol–water partition coefficient (Wildman–Crippen LogP) is 4.47. The summed E-state index contributed by atoms with van der Waals surface area (Å²) in [6.45, 7) is 6.49. The highest BCUT2D eigenvalue weighted by molar-refractivity contribution is 7.19. The number of amides is 1. The summed E-state index contributed by atoms with van der Waals surface area (Å²) in [5, 5.41) is 5.71. The number of methoxy groups -OCH3 is 1. The summed E-state index contributed by atoms with van der Waals surface area (Å²) >= 11 is 1.37. The van der Waals surface area contributed by atoms with E-state index in [4.69, 9.17) is 21.1 Å². The van der Waals surface area contributed by atoms with E-state index in [0.717, 1.165) is 33.1 Å². The third-order valence-electron chi connectivity index (χ3n) is 4.71. The quantitative estimate of drug-likeness (QED) is 0.281. The number of nitrogen functional groups attached to an aromatic ring is 1. The Morgan fingerprint density at radius 2 is 2.00 bits per heavy atom. The lowest BCUT2D eigenvalue weighted by Gasteiger charge is -2.18. The van der Waals surface area contributed by atoms with Crippen LogP contribution in [0.15, 0.2) is 36.4 Å². The molecule has 0 atom stereocenters. The lowest BCUT2D eigenvalue weighted by Crippen LogP contribution is -2.30. The van der Waals surface area contributed by atoms with Crippen molar-refractivity contribution >= 4 is 33.8 Å². The number of hydrogen-bond acceptors (Lipinski definition) is 8. The Balaban J connectivity index is 1.66. The van der Waals surface area contributed by atoms with Gasteiger partial charge in [0.05, 0.1) is 29.7 Å². The number of carbonyl (C=O) groups is 1. The van der Waals surface area contributed by atoms with Crippen molar-refractivity contribution in [2.24, 2.45) is 5.84 Å². The monoisotopic (exact) mass is 441 g/mol. The van der Waals surface area contributed by atoms with E-state index >= 15 is 0 Å². The van der Waals surface area contributed by atoms with Crippen LogP contribution in [0.5, 0.6) is 5.75 Å². The Morgan fingerprint density at radius 3 is 2.68 bits per heavy atom. The molecule has 0 bridgehead atoms. The third kappa shape index (κ3) is 5.25. The number of anilines is 3. The van der Waals surface area contributed by atoms with Gasteiger partial charge in [-0.1, -0.05) is 23.5 Å². The molecule has 0 aliphatic carbocycles. The van der Waals surface area contributed by atoms with E-state index in [1.807, 2.05) is 51.1 Å². The van der Waals surface area contributed by atoms with Gasteiger partial charge in [-0.15, -0.1) is 0 Å². The second-order valence-electron chi connectivity index (χ2n) is 7.02. The molecule has 5 N–H and O–H groups in total. The molecule has 0 saturated heterocycles. The molecule has 3 aromatic rings. The zero-order valence-corrected chi connectivity index (χ0v) is 18.9. The standard InChI is InChI=1S/C22H27N5O3S/c1-5-27(24)18-9-7-15(11-17(18)23)12-30-22(28)26-20-14(3)25-21(31-20)16-8-6-13(2)10-19(16)29-4/h6-11H,5,12,23-24H2,1-4H3,(H,26,28). The molecule has 0 radical (unpaired) electrons. The highest BCUT2D eigenvalue weighted by atomic mass is 32.1. The molecule has 0 aliphatic heterocycles. The van der Waals surface area contributed by atoms with Crippen molar-refractivity contribution in [3.05, 3.63) is 53.2 Å². The second-order valence-corrected chi connectivity index (χ2v) is 8.02. The van der Waals surface area contributed by atoms with Gasteiger partial charge < -0.3 is 20.2 Å². The molecule has 164 valence electrons. The fraction of sp³-hybridized carbons (Fsp3) is 0.273. The average Bonchev–Trinajstić information content (AvgIpc) is 3.11.